The third kappa shape index (κ3) is 7.23. The molecule has 94 valence electrons. The van der Waals surface area contributed by atoms with E-state index in [1.807, 2.05) is 6.92 Å². The van der Waals surface area contributed by atoms with Crippen molar-refractivity contribution in [3.8, 4) is 0 Å². The summed E-state index contributed by atoms with van der Waals surface area (Å²) in [6, 6.07) is 0. The molecule has 0 aliphatic heterocycles. The zero-order valence-electron chi connectivity index (χ0n) is 10.1. The lowest BCUT2D eigenvalue weighted by Gasteiger charge is -2.21. The molecule has 0 radical (unpaired) electrons. The molecule has 0 bridgehead atoms. The Morgan fingerprint density at radius 1 is 1.25 bits per heavy atom. The number of carboxylic acid groups (broad SMARTS) is 1. The molecule has 16 heavy (non-hydrogen) atoms. The van der Waals surface area contributed by atoms with E-state index in [2.05, 4.69) is 0 Å². The first-order valence-electron chi connectivity index (χ1n) is 5.60. The number of amides is 1. The summed E-state index contributed by atoms with van der Waals surface area (Å²) in [5.74, 6) is -0.846. The van der Waals surface area contributed by atoms with Gasteiger partial charge in [0.1, 0.15) is 0 Å². The summed E-state index contributed by atoms with van der Waals surface area (Å²) < 4.78 is 4.90. The van der Waals surface area contributed by atoms with Gasteiger partial charge in [-0.25, -0.2) is 0 Å². The molecule has 0 rings (SSSR count). The summed E-state index contributed by atoms with van der Waals surface area (Å²) >= 11 is 0. The Morgan fingerprint density at radius 3 is 2.44 bits per heavy atom. The fraction of sp³-hybridized carbons (Fsp3) is 0.818. The van der Waals surface area contributed by atoms with Crippen molar-refractivity contribution in [1.82, 2.24) is 4.90 Å². The lowest BCUT2D eigenvalue weighted by Crippen LogP contribution is -2.34. The highest BCUT2D eigenvalue weighted by molar-refractivity contribution is 5.76. The van der Waals surface area contributed by atoms with Gasteiger partial charge in [0.25, 0.3) is 0 Å². The van der Waals surface area contributed by atoms with Gasteiger partial charge in [0.05, 0.1) is 6.42 Å². The number of hydrogen-bond acceptors (Lipinski definition) is 3. The molecule has 0 aliphatic rings. The number of carbonyl (C=O) groups is 2. The van der Waals surface area contributed by atoms with Gasteiger partial charge in [-0.3, -0.25) is 9.59 Å². The second kappa shape index (κ2) is 9.15. The molecule has 1 amide bonds. The van der Waals surface area contributed by atoms with Crippen molar-refractivity contribution in [2.24, 2.45) is 0 Å². The lowest BCUT2D eigenvalue weighted by molar-refractivity contribution is -0.138. The van der Waals surface area contributed by atoms with Crippen LogP contribution >= 0.6 is 0 Å². The molecule has 5 heteroatoms. The van der Waals surface area contributed by atoms with E-state index in [0.717, 1.165) is 12.8 Å². The smallest absolute Gasteiger partial charge is 0.305 e. The second-order valence-electron chi connectivity index (χ2n) is 3.62. The Kier molecular flexibility index (Phi) is 8.52. The molecule has 0 aromatic rings. The predicted octanol–water partition coefficient (Wildman–Crippen LogP) is 1.13. The van der Waals surface area contributed by atoms with Crippen LogP contribution in [0, 0.1) is 0 Å². The zero-order valence-corrected chi connectivity index (χ0v) is 10.1. The highest BCUT2D eigenvalue weighted by Crippen LogP contribution is 2.01. The first kappa shape index (κ1) is 14.9. The van der Waals surface area contributed by atoms with E-state index >= 15 is 0 Å². The molecule has 5 nitrogen and oxygen atoms in total. The van der Waals surface area contributed by atoms with Crippen LogP contribution in [0.15, 0.2) is 0 Å². The van der Waals surface area contributed by atoms with Crippen LogP contribution in [0.3, 0.4) is 0 Å². The molecule has 0 aromatic heterocycles. The lowest BCUT2D eigenvalue weighted by atomic mass is 10.2. The SMILES string of the molecule is CCCC(=O)N(CCCOC)CCC(=O)O. The number of aliphatic carboxylic acids is 1. The molecular formula is C11H21NO4. The first-order chi connectivity index (χ1) is 7.61. The molecule has 0 aliphatic carbocycles. The Balaban J connectivity index is 4.04. The number of ether oxygens (including phenoxy) is 1. The van der Waals surface area contributed by atoms with Gasteiger partial charge in [-0.05, 0) is 12.8 Å². The molecule has 0 saturated heterocycles. The number of rotatable bonds is 9. The van der Waals surface area contributed by atoms with Gasteiger partial charge in [0.15, 0.2) is 0 Å². The molecule has 0 spiro atoms. The topological polar surface area (TPSA) is 66.8 Å². The van der Waals surface area contributed by atoms with Crippen molar-refractivity contribution in [3.05, 3.63) is 0 Å². The third-order valence-electron chi connectivity index (χ3n) is 2.19. The van der Waals surface area contributed by atoms with E-state index in [1.165, 1.54) is 0 Å². The fourth-order valence-corrected chi connectivity index (χ4v) is 1.36. The van der Waals surface area contributed by atoms with Gasteiger partial charge in [-0.1, -0.05) is 6.92 Å². The van der Waals surface area contributed by atoms with Crippen molar-refractivity contribution in [1.29, 1.82) is 0 Å². The monoisotopic (exact) mass is 231 g/mol. The zero-order chi connectivity index (χ0) is 12.4. The summed E-state index contributed by atoms with van der Waals surface area (Å²) in [5.41, 5.74) is 0. The summed E-state index contributed by atoms with van der Waals surface area (Å²) in [5, 5.41) is 8.58. The van der Waals surface area contributed by atoms with Gasteiger partial charge in [-0.2, -0.15) is 0 Å². The fourth-order valence-electron chi connectivity index (χ4n) is 1.36. The molecule has 0 atom stereocenters. The maximum atomic E-state index is 11.6. The maximum absolute atomic E-state index is 11.6. The minimum Gasteiger partial charge on any atom is -0.481 e. The summed E-state index contributed by atoms with van der Waals surface area (Å²) in [4.78, 5) is 23.7. The Hall–Kier alpha value is -1.10. The Morgan fingerprint density at radius 2 is 1.94 bits per heavy atom. The summed E-state index contributed by atoms with van der Waals surface area (Å²) in [7, 11) is 1.61. The number of hydrogen-bond donors (Lipinski definition) is 1. The van der Waals surface area contributed by atoms with E-state index in [9.17, 15) is 9.59 Å². The van der Waals surface area contributed by atoms with Crippen LogP contribution < -0.4 is 0 Å². The normalized spacial score (nSPS) is 10.1. The van der Waals surface area contributed by atoms with E-state index in [-0.39, 0.29) is 18.9 Å². The number of carbonyl (C=O) groups excluding carboxylic acids is 1. The van der Waals surface area contributed by atoms with Crippen LogP contribution in [-0.4, -0.2) is 48.7 Å². The highest BCUT2D eigenvalue weighted by atomic mass is 16.5. The van der Waals surface area contributed by atoms with E-state index in [4.69, 9.17) is 9.84 Å². The van der Waals surface area contributed by atoms with Gasteiger partial charge < -0.3 is 14.7 Å². The quantitative estimate of drug-likeness (QED) is 0.604. The molecule has 0 aromatic carbocycles. The molecule has 0 heterocycles. The molecular weight excluding hydrogens is 210 g/mol. The summed E-state index contributed by atoms with van der Waals surface area (Å²) in [6.07, 6.45) is 2.01. The second-order valence-corrected chi connectivity index (χ2v) is 3.62. The van der Waals surface area contributed by atoms with Crippen LogP contribution in [0.5, 0.6) is 0 Å². The van der Waals surface area contributed by atoms with Crippen LogP contribution in [0.4, 0.5) is 0 Å². The van der Waals surface area contributed by atoms with Crippen LogP contribution in [0.2, 0.25) is 0 Å². The maximum Gasteiger partial charge on any atom is 0.305 e. The van der Waals surface area contributed by atoms with Gasteiger partial charge in [-0.15, -0.1) is 0 Å². The van der Waals surface area contributed by atoms with Crippen molar-refractivity contribution in [2.75, 3.05) is 26.8 Å². The van der Waals surface area contributed by atoms with Crippen molar-refractivity contribution in [3.63, 3.8) is 0 Å². The molecule has 0 saturated carbocycles. The minimum atomic E-state index is -0.874. The average Bonchev–Trinajstić information content (AvgIpc) is 2.23. The number of nitrogens with zero attached hydrogens (tertiary/aromatic N) is 1. The summed E-state index contributed by atoms with van der Waals surface area (Å²) in [6.45, 7) is 3.38. The minimum absolute atomic E-state index is 0.00242. The molecule has 0 fully saturated rings. The molecule has 0 unspecified atom stereocenters. The Labute approximate surface area is 96.4 Å². The number of methoxy groups -OCH3 is 1. The van der Waals surface area contributed by atoms with Crippen molar-refractivity contribution in [2.45, 2.75) is 32.6 Å². The third-order valence-corrected chi connectivity index (χ3v) is 2.19. The van der Waals surface area contributed by atoms with Gasteiger partial charge in [0.2, 0.25) is 5.91 Å². The molecule has 1 N–H and O–H groups in total. The van der Waals surface area contributed by atoms with Crippen molar-refractivity contribution < 1.29 is 19.4 Å². The van der Waals surface area contributed by atoms with E-state index < -0.39 is 5.97 Å². The largest absolute Gasteiger partial charge is 0.481 e. The van der Waals surface area contributed by atoms with Gasteiger partial charge in [0, 0.05) is 33.2 Å². The van der Waals surface area contributed by atoms with Crippen LogP contribution in [-0.2, 0) is 14.3 Å². The Bertz CT molecular complexity index is 218. The van der Waals surface area contributed by atoms with Crippen LogP contribution in [0.1, 0.15) is 32.6 Å². The van der Waals surface area contributed by atoms with Crippen LogP contribution in [0.25, 0.3) is 0 Å². The standard InChI is InChI=1S/C11H21NO4/c1-3-5-10(13)12(7-4-9-16-2)8-6-11(14)15/h3-9H2,1-2H3,(H,14,15). The van der Waals surface area contributed by atoms with E-state index in [1.54, 1.807) is 12.0 Å². The predicted molar refractivity (Wildman–Crippen MR) is 60.2 cm³/mol. The highest BCUT2D eigenvalue weighted by Gasteiger charge is 2.13. The van der Waals surface area contributed by atoms with Gasteiger partial charge >= 0.3 is 5.97 Å². The number of carboxylic acids is 1. The first-order valence-corrected chi connectivity index (χ1v) is 5.60. The van der Waals surface area contributed by atoms with Crippen molar-refractivity contribution >= 4 is 11.9 Å². The average molecular weight is 231 g/mol. The van der Waals surface area contributed by atoms with E-state index in [0.29, 0.717) is 19.6 Å².